The molecule has 2 heterocycles. The maximum Gasteiger partial charge on any atom is 0.119 e. The topological polar surface area (TPSA) is 21.6 Å². The minimum Gasteiger partial charge on any atom is -0.494 e. The second-order valence-corrected chi connectivity index (χ2v) is 6.43. The summed E-state index contributed by atoms with van der Waals surface area (Å²) in [4.78, 5) is 5.99. The van der Waals surface area contributed by atoms with E-state index in [1.807, 2.05) is 0 Å². The fourth-order valence-corrected chi connectivity index (χ4v) is 3.39. The molecular weight excluding hydrogens is 290 g/mol. The Morgan fingerprint density at radius 2 is 2.18 bits per heavy atom. The van der Waals surface area contributed by atoms with Crippen LogP contribution in [0, 0.1) is 6.92 Å². The Kier molecular flexibility index (Phi) is 4.74. The largest absolute Gasteiger partial charge is 0.494 e. The number of aryl methyl sites for hydroxylation is 1. The standard InChI is InChI=1S/C19H21NOS/c1-3-11-21-16-4-5-17-15(13-16)8-10-20-18(17)6-7-19-14(2)9-12-22-19/h4-7,9,12-13H,3,8,10-11H2,1-2H3/b7-6+. The molecule has 3 rings (SSSR count). The molecule has 1 aromatic carbocycles. The smallest absolute Gasteiger partial charge is 0.119 e. The van der Waals surface area contributed by atoms with E-state index in [9.17, 15) is 0 Å². The molecule has 0 atom stereocenters. The molecule has 1 aliphatic heterocycles. The normalized spacial score (nSPS) is 14.0. The van der Waals surface area contributed by atoms with Crippen molar-refractivity contribution in [3.63, 3.8) is 0 Å². The van der Waals surface area contributed by atoms with Crippen LogP contribution in [0.5, 0.6) is 5.75 Å². The first kappa shape index (κ1) is 15.0. The molecule has 2 nitrogen and oxygen atoms in total. The fraction of sp³-hybridized carbons (Fsp3) is 0.316. The Bertz CT molecular complexity index is 712. The molecule has 114 valence electrons. The summed E-state index contributed by atoms with van der Waals surface area (Å²) in [6.07, 6.45) is 6.35. The van der Waals surface area contributed by atoms with Crippen LogP contribution in [0.2, 0.25) is 0 Å². The average molecular weight is 311 g/mol. The van der Waals surface area contributed by atoms with Crippen molar-refractivity contribution in [3.8, 4) is 5.75 Å². The van der Waals surface area contributed by atoms with Crippen LogP contribution < -0.4 is 4.74 Å². The first-order valence-corrected chi connectivity index (χ1v) is 8.68. The van der Waals surface area contributed by atoms with Crippen molar-refractivity contribution < 1.29 is 4.74 Å². The molecule has 3 heteroatoms. The van der Waals surface area contributed by atoms with Crippen LogP contribution in [0.3, 0.4) is 0 Å². The molecule has 0 radical (unpaired) electrons. The number of fused-ring (bicyclic) bond motifs is 1. The van der Waals surface area contributed by atoms with Gasteiger partial charge in [-0.2, -0.15) is 0 Å². The van der Waals surface area contributed by atoms with Gasteiger partial charge < -0.3 is 4.74 Å². The number of ether oxygens (including phenoxy) is 1. The number of allylic oxidation sites excluding steroid dienone is 1. The molecule has 0 unspecified atom stereocenters. The highest BCUT2D eigenvalue weighted by molar-refractivity contribution is 7.11. The van der Waals surface area contributed by atoms with Gasteiger partial charge in [-0.25, -0.2) is 0 Å². The number of thiophene rings is 1. The van der Waals surface area contributed by atoms with Crippen molar-refractivity contribution in [2.75, 3.05) is 13.2 Å². The highest BCUT2D eigenvalue weighted by Crippen LogP contribution is 2.24. The molecule has 0 amide bonds. The van der Waals surface area contributed by atoms with E-state index in [0.717, 1.165) is 37.5 Å². The molecule has 0 spiro atoms. The summed E-state index contributed by atoms with van der Waals surface area (Å²) >= 11 is 1.77. The van der Waals surface area contributed by atoms with Crippen molar-refractivity contribution >= 4 is 23.1 Å². The van der Waals surface area contributed by atoms with Crippen LogP contribution >= 0.6 is 11.3 Å². The summed E-state index contributed by atoms with van der Waals surface area (Å²) in [5, 5.41) is 2.13. The van der Waals surface area contributed by atoms with Gasteiger partial charge >= 0.3 is 0 Å². The van der Waals surface area contributed by atoms with Crippen LogP contribution in [0.4, 0.5) is 0 Å². The second-order valence-electron chi connectivity index (χ2n) is 5.49. The Balaban J connectivity index is 1.82. The Hall–Kier alpha value is -1.87. The summed E-state index contributed by atoms with van der Waals surface area (Å²) in [7, 11) is 0. The Morgan fingerprint density at radius 1 is 1.27 bits per heavy atom. The molecule has 0 saturated heterocycles. The van der Waals surface area contributed by atoms with Crippen molar-refractivity contribution in [1.82, 2.24) is 0 Å². The Labute approximate surface area is 136 Å². The number of hydrogen-bond acceptors (Lipinski definition) is 3. The molecule has 0 N–H and O–H groups in total. The molecular formula is C19H21NOS. The lowest BCUT2D eigenvalue weighted by Crippen LogP contribution is -2.11. The van der Waals surface area contributed by atoms with E-state index in [1.54, 1.807) is 11.3 Å². The van der Waals surface area contributed by atoms with Gasteiger partial charge in [0.2, 0.25) is 0 Å². The minimum absolute atomic E-state index is 0.775. The maximum absolute atomic E-state index is 5.73. The third-order valence-electron chi connectivity index (χ3n) is 3.78. The van der Waals surface area contributed by atoms with Gasteiger partial charge in [0.25, 0.3) is 0 Å². The van der Waals surface area contributed by atoms with Crippen LogP contribution in [-0.2, 0) is 6.42 Å². The fourth-order valence-electron chi connectivity index (χ4n) is 2.57. The van der Waals surface area contributed by atoms with E-state index in [0.29, 0.717) is 0 Å². The minimum atomic E-state index is 0.775. The van der Waals surface area contributed by atoms with Crippen LogP contribution in [0.1, 0.15) is 34.9 Å². The highest BCUT2D eigenvalue weighted by atomic mass is 32.1. The van der Waals surface area contributed by atoms with Gasteiger partial charge in [0, 0.05) is 17.0 Å². The summed E-state index contributed by atoms with van der Waals surface area (Å²) in [6.45, 7) is 5.90. The van der Waals surface area contributed by atoms with Crippen molar-refractivity contribution in [2.45, 2.75) is 26.7 Å². The van der Waals surface area contributed by atoms with Gasteiger partial charge in [-0.15, -0.1) is 11.3 Å². The highest BCUT2D eigenvalue weighted by Gasteiger charge is 2.13. The van der Waals surface area contributed by atoms with E-state index >= 15 is 0 Å². The number of benzene rings is 1. The monoisotopic (exact) mass is 311 g/mol. The van der Waals surface area contributed by atoms with Gasteiger partial charge in [0.1, 0.15) is 5.75 Å². The van der Waals surface area contributed by atoms with Crippen molar-refractivity contribution in [2.24, 2.45) is 4.99 Å². The lowest BCUT2D eigenvalue weighted by Gasteiger charge is -2.16. The van der Waals surface area contributed by atoms with E-state index in [4.69, 9.17) is 4.74 Å². The lowest BCUT2D eigenvalue weighted by molar-refractivity contribution is 0.317. The molecule has 0 saturated carbocycles. The summed E-state index contributed by atoms with van der Waals surface area (Å²) < 4.78 is 5.73. The summed E-state index contributed by atoms with van der Waals surface area (Å²) in [5.41, 5.74) is 4.98. The second kappa shape index (κ2) is 6.93. The third kappa shape index (κ3) is 3.30. The summed E-state index contributed by atoms with van der Waals surface area (Å²) in [5.74, 6) is 0.972. The molecule has 2 aromatic rings. The van der Waals surface area contributed by atoms with E-state index in [-0.39, 0.29) is 0 Å². The average Bonchev–Trinajstić information content (AvgIpc) is 2.95. The van der Waals surface area contributed by atoms with E-state index in [2.05, 4.69) is 60.6 Å². The molecule has 0 aliphatic carbocycles. The Morgan fingerprint density at radius 3 is 2.95 bits per heavy atom. The molecule has 1 aromatic heterocycles. The van der Waals surface area contributed by atoms with Gasteiger partial charge in [0.15, 0.2) is 0 Å². The first-order chi connectivity index (χ1) is 10.8. The quantitative estimate of drug-likeness (QED) is 0.769. The molecule has 1 aliphatic rings. The zero-order chi connectivity index (χ0) is 15.4. The molecule has 0 fully saturated rings. The van der Waals surface area contributed by atoms with Crippen molar-refractivity contribution in [3.05, 3.63) is 57.3 Å². The number of aliphatic imine (C=N–C) groups is 1. The molecule has 22 heavy (non-hydrogen) atoms. The van der Waals surface area contributed by atoms with E-state index in [1.165, 1.54) is 21.6 Å². The zero-order valence-electron chi connectivity index (χ0n) is 13.1. The van der Waals surface area contributed by atoms with E-state index < -0.39 is 0 Å². The first-order valence-electron chi connectivity index (χ1n) is 7.80. The number of nitrogens with zero attached hydrogens (tertiary/aromatic N) is 1. The van der Waals surface area contributed by atoms with Crippen LogP contribution in [-0.4, -0.2) is 18.9 Å². The van der Waals surface area contributed by atoms with Gasteiger partial charge in [-0.3, -0.25) is 4.99 Å². The summed E-state index contributed by atoms with van der Waals surface area (Å²) in [6, 6.07) is 8.52. The number of hydrogen-bond donors (Lipinski definition) is 0. The molecule has 0 bridgehead atoms. The predicted molar refractivity (Wildman–Crippen MR) is 95.4 cm³/mol. The predicted octanol–water partition coefficient (Wildman–Crippen LogP) is 4.90. The third-order valence-corrected chi connectivity index (χ3v) is 4.77. The van der Waals surface area contributed by atoms with Gasteiger partial charge in [-0.1, -0.05) is 6.92 Å². The van der Waals surface area contributed by atoms with Crippen LogP contribution in [0.15, 0.2) is 40.7 Å². The maximum atomic E-state index is 5.73. The zero-order valence-corrected chi connectivity index (χ0v) is 14.0. The van der Waals surface area contributed by atoms with Gasteiger partial charge in [0.05, 0.1) is 12.3 Å². The number of rotatable bonds is 5. The van der Waals surface area contributed by atoms with Crippen molar-refractivity contribution in [1.29, 1.82) is 0 Å². The van der Waals surface area contributed by atoms with Crippen LogP contribution in [0.25, 0.3) is 6.08 Å². The SMILES string of the molecule is CCCOc1ccc2c(c1)CCN=C2/C=C/c1sccc1C. The van der Waals surface area contributed by atoms with Gasteiger partial charge in [-0.05, 0) is 72.7 Å². The lowest BCUT2D eigenvalue weighted by atomic mass is 9.97.